The van der Waals surface area contributed by atoms with Gasteiger partial charge < -0.3 is 25.2 Å². The SMILES string of the molecule is O=C(O)CCCC(OC(=O)CCCCCC(O)C(=O)O)C(=O)O. The quantitative estimate of drug-likeness (QED) is 0.280. The van der Waals surface area contributed by atoms with E-state index < -0.39 is 36.1 Å². The molecular weight excluding hydrogens is 312 g/mol. The first-order valence-electron chi connectivity index (χ1n) is 7.29. The minimum atomic E-state index is -1.42. The highest BCUT2D eigenvalue weighted by molar-refractivity contribution is 5.78. The van der Waals surface area contributed by atoms with Crippen LogP contribution in [0.4, 0.5) is 0 Å². The highest BCUT2D eigenvalue weighted by Crippen LogP contribution is 2.10. The van der Waals surface area contributed by atoms with Gasteiger partial charge >= 0.3 is 23.9 Å². The fourth-order valence-corrected chi connectivity index (χ4v) is 1.80. The molecule has 0 aliphatic heterocycles. The van der Waals surface area contributed by atoms with Crippen LogP contribution in [0.3, 0.4) is 0 Å². The number of aliphatic hydroxyl groups excluding tert-OH is 1. The molecule has 0 amide bonds. The number of unbranched alkanes of at least 4 members (excludes halogenated alkanes) is 2. The summed E-state index contributed by atoms with van der Waals surface area (Å²) in [5, 5.41) is 34.9. The molecule has 0 fully saturated rings. The molecule has 2 atom stereocenters. The van der Waals surface area contributed by atoms with Crippen LogP contribution >= 0.6 is 0 Å². The van der Waals surface area contributed by atoms with Crippen molar-refractivity contribution in [3.05, 3.63) is 0 Å². The molecule has 0 radical (unpaired) electrons. The minimum absolute atomic E-state index is 0.0219. The van der Waals surface area contributed by atoms with Gasteiger partial charge in [0, 0.05) is 12.8 Å². The number of hydrogen-bond donors (Lipinski definition) is 4. The summed E-state index contributed by atoms with van der Waals surface area (Å²) in [6.07, 6.45) is -1.62. The first-order chi connectivity index (χ1) is 10.7. The van der Waals surface area contributed by atoms with Crippen LogP contribution in [-0.2, 0) is 23.9 Å². The average molecular weight is 334 g/mol. The number of carbonyl (C=O) groups is 4. The molecular formula is C14H22O9. The first-order valence-corrected chi connectivity index (χ1v) is 7.29. The minimum Gasteiger partial charge on any atom is -0.481 e. The lowest BCUT2D eigenvalue weighted by Gasteiger charge is -2.13. The zero-order valence-corrected chi connectivity index (χ0v) is 12.6. The molecule has 0 heterocycles. The van der Waals surface area contributed by atoms with Crippen LogP contribution in [0.1, 0.15) is 51.4 Å². The summed E-state index contributed by atoms with van der Waals surface area (Å²) in [6.45, 7) is 0. The Bertz CT molecular complexity index is 418. The largest absolute Gasteiger partial charge is 0.481 e. The molecule has 0 saturated carbocycles. The van der Waals surface area contributed by atoms with Crippen molar-refractivity contribution in [2.45, 2.75) is 63.6 Å². The van der Waals surface area contributed by atoms with E-state index in [9.17, 15) is 19.2 Å². The average Bonchev–Trinajstić information content (AvgIpc) is 2.44. The zero-order valence-electron chi connectivity index (χ0n) is 12.6. The number of carboxylic acids is 3. The van der Waals surface area contributed by atoms with Gasteiger partial charge in [0.15, 0.2) is 12.2 Å². The summed E-state index contributed by atoms with van der Waals surface area (Å²) in [6, 6.07) is 0. The molecule has 0 aliphatic rings. The number of aliphatic carboxylic acids is 3. The van der Waals surface area contributed by atoms with Crippen molar-refractivity contribution in [2.75, 3.05) is 0 Å². The third-order valence-corrected chi connectivity index (χ3v) is 3.05. The molecule has 0 aromatic rings. The van der Waals surface area contributed by atoms with Gasteiger partial charge in [-0.15, -0.1) is 0 Å². The van der Waals surface area contributed by atoms with Crippen LogP contribution in [-0.4, -0.2) is 56.5 Å². The Morgan fingerprint density at radius 1 is 0.783 bits per heavy atom. The Labute approximate surface area is 132 Å². The lowest BCUT2D eigenvalue weighted by molar-refractivity contribution is -0.164. The van der Waals surface area contributed by atoms with Crippen molar-refractivity contribution in [2.24, 2.45) is 0 Å². The van der Waals surface area contributed by atoms with Crippen molar-refractivity contribution < 1.29 is 44.3 Å². The molecule has 0 aliphatic carbocycles. The van der Waals surface area contributed by atoms with Crippen LogP contribution in [0.2, 0.25) is 0 Å². The fraction of sp³-hybridized carbons (Fsp3) is 0.714. The van der Waals surface area contributed by atoms with E-state index in [1.807, 2.05) is 0 Å². The molecule has 0 rings (SSSR count). The summed E-state index contributed by atoms with van der Waals surface area (Å²) in [4.78, 5) is 43.2. The molecule has 2 unspecified atom stereocenters. The third-order valence-electron chi connectivity index (χ3n) is 3.05. The van der Waals surface area contributed by atoms with E-state index >= 15 is 0 Å². The van der Waals surface area contributed by atoms with Gasteiger partial charge in [-0.05, 0) is 25.7 Å². The van der Waals surface area contributed by atoms with E-state index in [0.29, 0.717) is 19.3 Å². The molecule has 0 saturated heterocycles. The van der Waals surface area contributed by atoms with Gasteiger partial charge in [-0.2, -0.15) is 0 Å². The lowest BCUT2D eigenvalue weighted by atomic mass is 10.1. The van der Waals surface area contributed by atoms with Gasteiger partial charge in [-0.3, -0.25) is 9.59 Å². The molecule has 0 spiro atoms. The Morgan fingerprint density at radius 3 is 1.96 bits per heavy atom. The van der Waals surface area contributed by atoms with Crippen LogP contribution in [0.25, 0.3) is 0 Å². The number of hydrogen-bond acceptors (Lipinski definition) is 6. The molecule has 132 valence electrons. The highest BCUT2D eigenvalue weighted by Gasteiger charge is 2.22. The number of aliphatic hydroxyl groups is 1. The fourth-order valence-electron chi connectivity index (χ4n) is 1.80. The zero-order chi connectivity index (χ0) is 17.8. The molecule has 0 bridgehead atoms. The van der Waals surface area contributed by atoms with Crippen molar-refractivity contribution >= 4 is 23.9 Å². The Hall–Kier alpha value is -2.16. The maximum Gasteiger partial charge on any atom is 0.345 e. The summed E-state index contributed by atoms with van der Waals surface area (Å²) >= 11 is 0. The summed E-state index contributed by atoms with van der Waals surface area (Å²) in [5.41, 5.74) is 0. The standard InChI is InChI=1S/C14H22O9/c15-9(13(19)20)5-2-1-3-8-12(18)23-10(14(21)22)6-4-7-11(16)17/h9-10,15H,1-8H2,(H,16,17)(H,19,20)(H,21,22). The summed E-state index contributed by atoms with van der Waals surface area (Å²) < 4.78 is 4.78. The van der Waals surface area contributed by atoms with E-state index in [1.54, 1.807) is 0 Å². The molecule has 9 heteroatoms. The second-order valence-corrected chi connectivity index (χ2v) is 5.06. The van der Waals surface area contributed by atoms with Gasteiger partial charge in [0.25, 0.3) is 0 Å². The van der Waals surface area contributed by atoms with E-state index in [0.717, 1.165) is 0 Å². The molecule has 0 aromatic carbocycles. The van der Waals surface area contributed by atoms with Crippen molar-refractivity contribution in [3.63, 3.8) is 0 Å². The Morgan fingerprint density at radius 2 is 1.43 bits per heavy atom. The van der Waals surface area contributed by atoms with Crippen LogP contribution in [0.5, 0.6) is 0 Å². The maximum atomic E-state index is 11.5. The molecule has 23 heavy (non-hydrogen) atoms. The molecule has 4 N–H and O–H groups in total. The second kappa shape index (κ2) is 11.4. The normalized spacial score (nSPS) is 13.1. The Balaban J connectivity index is 3.93. The monoisotopic (exact) mass is 334 g/mol. The van der Waals surface area contributed by atoms with E-state index in [2.05, 4.69) is 0 Å². The smallest absolute Gasteiger partial charge is 0.345 e. The molecule has 0 aromatic heterocycles. The highest BCUT2D eigenvalue weighted by atomic mass is 16.6. The van der Waals surface area contributed by atoms with Crippen LogP contribution in [0.15, 0.2) is 0 Å². The number of carbonyl (C=O) groups excluding carboxylic acids is 1. The van der Waals surface area contributed by atoms with Gasteiger partial charge in [-0.25, -0.2) is 9.59 Å². The number of esters is 1. The number of carboxylic acid groups (broad SMARTS) is 3. The van der Waals surface area contributed by atoms with E-state index in [4.69, 9.17) is 25.2 Å². The van der Waals surface area contributed by atoms with Gasteiger partial charge in [0.1, 0.15) is 0 Å². The first kappa shape index (κ1) is 20.8. The third kappa shape index (κ3) is 11.1. The van der Waals surface area contributed by atoms with E-state index in [-0.39, 0.29) is 32.1 Å². The molecule has 9 nitrogen and oxygen atoms in total. The van der Waals surface area contributed by atoms with E-state index in [1.165, 1.54) is 0 Å². The van der Waals surface area contributed by atoms with Crippen LogP contribution < -0.4 is 0 Å². The Kier molecular flexibility index (Phi) is 10.3. The topological polar surface area (TPSA) is 158 Å². The van der Waals surface area contributed by atoms with Gasteiger partial charge in [0.05, 0.1) is 0 Å². The summed E-state index contributed by atoms with van der Waals surface area (Å²) in [5.74, 6) is -4.38. The van der Waals surface area contributed by atoms with Crippen molar-refractivity contribution in [1.29, 1.82) is 0 Å². The second-order valence-electron chi connectivity index (χ2n) is 5.06. The van der Waals surface area contributed by atoms with Crippen molar-refractivity contribution in [1.82, 2.24) is 0 Å². The predicted octanol–water partition coefficient (Wildman–Crippen LogP) is 0.634. The lowest BCUT2D eigenvalue weighted by Crippen LogP contribution is -2.27. The maximum absolute atomic E-state index is 11.5. The van der Waals surface area contributed by atoms with Gasteiger partial charge in [-0.1, -0.05) is 12.8 Å². The van der Waals surface area contributed by atoms with Crippen molar-refractivity contribution in [3.8, 4) is 0 Å². The number of ether oxygens (including phenoxy) is 1. The van der Waals surface area contributed by atoms with Gasteiger partial charge in [0.2, 0.25) is 0 Å². The predicted molar refractivity (Wildman–Crippen MR) is 75.7 cm³/mol. The van der Waals surface area contributed by atoms with Crippen LogP contribution in [0, 0.1) is 0 Å². The number of rotatable bonds is 13. The summed E-state index contributed by atoms with van der Waals surface area (Å²) in [7, 11) is 0.